The topological polar surface area (TPSA) is 56.5 Å². The Labute approximate surface area is 122 Å². The Morgan fingerprint density at radius 3 is 2.75 bits per heavy atom. The molecule has 4 heteroatoms. The van der Waals surface area contributed by atoms with E-state index in [1.807, 2.05) is 0 Å². The zero-order chi connectivity index (χ0) is 13.8. The van der Waals surface area contributed by atoms with Crippen LogP contribution in [0.1, 0.15) is 57.8 Å². The molecular weight excluding hydrogens is 252 g/mol. The van der Waals surface area contributed by atoms with Gasteiger partial charge in [0.15, 0.2) is 0 Å². The van der Waals surface area contributed by atoms with Crippen molar-refractivity contribution in [2.24, 2.45) is 17.7 Å². The molecule has 2 saturated heterocycles. The van der Waals surface area contributed by atoms with Crippen molar-refractivity contribution in [1.29, 1.82) is 0 Å². The van der Waals surface area contributed by atoms with E-state index >= 15 is 0 Å². The molecule has 3 rings (SSSR count). The molecule has 0 aromatic rings. The summed E-state index contributed by atoms with van der Waals surface area (Å²) in [6.45, 7) is 2.51. The maximum Gasteiger partial charge on any atom is 0.0939 e. The lowest BCUT2D eigenvalue weighted by Gasteiger charge is -2.40. The number of rotatable bonds is 5. The molecular formula is C16H30N2O2. The number of nitrogens with one attached hydrogen (secondary N) is 1. The van der Waals surface area contributed by atoms with Crippen molar-refractivity contribution in [1.82, 2.24) is 5.43 Å². The number of ether oxygens (including phenoxy) is 2. The van der Waals surface area contributed by atoms with Crippen molar-refractivity contribution in [3.05, 3.63) is 0 Å². The van der Waals surface area contributed by atoms with Crippen molar-refractivity contribution >= 4 is 0 Å². The zero-order valence-electron chi connectivity index (χ0n) is 12.6. The standard InChI is InChI=1S/C16H30N2O2/c17-18-15(6-5-13-3-1-2-4-13)14-7-9-20-16(11-14)8-10-19-12-16/h13-15,18H,1-12,17H2. The van der Waals surface area contributed by atoms with Gasteiger partial charge < -0.3 is 9.47 Å². The van der Waals surface area contributed by atoms with E-state index in [0.29, 0.717) is 12.0 Å². The summed E-state index contributed by atoms with van der Waals surface area (Å²) in [7, 11) is 0. The summed E-state index contributed by atoms with van der Waals surface area (Å²) >= 11 is 0. The first-order chi connectivity index (χ1) is 9.81. The van der Waals surface area contributed by atoms with Gasteiger partial charge in [-0.2, -0.15) is 0 Å². The van der Waals surface area contributed by atoms with Gasteiger partial charge in [0.25, 0.3) is 0 Å². The van der Waals surface area contributed by atoms with E-state index in [0.717, 1.165) is 45.0 Å². The third-order valence-electron chi connectivity index (χ3n) is 5.74. The molecule has 3 fully saturated rings. The fourth-order valence-electron chi connectivity index (χ4n) is 4.44. The first-order valence-electron chi connectivity index (χ1n) is 8.49. The average Bonchev–Trinajstić information content (AvgIpc) is 3.12. The van der Waals surface area contributed by atoms with Crippen molar-refractivity contribution in [2.75, 3.05) is 19.8 Å². The predicted octanol–water partition coefficient (Wildman–Crippen LogP) is 2.37. The summed E-state index contributed by atoms with van der Waals surface area (Å²) in [4.78, 5) is 0. The van der Waals surface area contributed by atoms with Gasteiger partial charge in [0.05, 0.1) is 12.2 Å². The van der Waals surface area contributed by atoms with E-state index < -0.39 is 0 Å². The highest BCUT2D eigenvalue weighted by atomic mass is 16.6. The van der Waals surface area contributed by atoms with Crippen LogP contribution in [0.4, 0.5) is 0 Å². The van der Waals surface area contributed by atoms with E-state index in [2.05, 4.69) is 5.43 Å². The normalized spacial score (nSPS) is 36.8. The first-order valence-corrected chi connectivity index (χ1v) is 8.49. The maximum absolute atomic E-state index is 6.04. The van der Waals surface area contributed by atoms with Crippen LogP contribution in [0.3, 0.4) is 0 Å². The van der Waals surface area contributed by atoms with Crippen molar-refractivity contribution in [3.8, 4) is 0 Å². The Morgan fingerprint density at radius 2 is 2.05 bits per heavy atom. The zero-order valence-corrected chi connectivity index (χ0v) is 12.6. The third kappa shape index (κ3) is 3.35. The van der Waals surface area contributed by atoms with E-state index in [9.17, 15) is 0 Å². The Bertz CT molecular complexity index is 299. The summed E-state index contributed by atoms with van der Waals surface area (Å²) < 4.78 is 11.6. The van der Waals surface area contributed by atoms with Gasteiger partial charge in [0.2, 0.25) is 0 Å². The van der Waals surface area contributed by atoms with E-state index in [1.54, 1.807) is 0 Å². The minimum absolute atomic E-state index is 0.00533. The van der Waals surface area contributed by atoms with Crippen LogP contribution in [0.2, 0.25) is 0 Å². The molecule has 2 aliphatic heterocycles. The molecule has 3 unspecified atom stereocenters. The highest BCUT2D eigenvalue weighted by Crippen LogP contribution is 2.38. The van der Waals surface area contributed by atoms with Gasteiger partial charge in [0.1, 0.15) is 0 Å². The highest BCUT2D eigenvalue weighted by molar-refractivity contribution is 4.93. The van der Waals surface area contributed by atoms with Gasteiger partial charge in [-0.05, 0) is 37.5 Å². The Kier molecular flexibility index (Phi) is 4.97. The van der Waals surface area contributed by atoms with Crippen molar-refractivity contribution in [3.63, 3.8) is 0 Å². The highest BCUT2D eigenvalue weighted by Gasteiger charge is 2.42. The largest absolute Gasteiger partial charge is 0.378 e. The van der Waals surface area contributed by atoms with Crippen LogP contribution in [0.5, 0.6) is 0 Å². The van der Waals surface area contributed by atoms with Gasteiger partial charge in [-0.1, -0.05) is 25.7 Å². The van der Waals surface area contributed by atoms with Crippen LogP contribution in [-0.2, 0) is 9.47 Å². The van der Waals surface area contributed by atoms with Crippen LogP contribution in [0.15, 0.2) is 0 Å². The van der Waals surface area contributed by atoms with Gasteiger partial charge in [-0.3, -0.25) is 11.3 Å². The van der Waals surface area contributed by atoms with Gasteiger partial charge in [-0.15, -0.1) is 0 Å². The van der Waals surface area contributed by atoms with Crippen molar-refractivity contribution < 1.29 is 9.47 Å². The molecule has 3 N–H and O–H groups in total. The second kappa shape index (κ2) is 6.73. The molecule has 2 heterocycles. The molecule has 0 bridgehead atoms. The van der Waals surface area contributed by atoms with E-state index in [-0.39, 0.29) is 5.60 Å². The Balaban J connectivity index is 1.51. The SMILES string of the molecule is NNC(CCC1CCCC1)C1CCOC2(CCOC2)C1. The fourth-order valence-corrected chi connectivity index (χ4v) is 4.44. The minimum Gasteiger partial charge on any atom is -0.378 e. The maximum atomic E-state index is 6.04. The average molecular weight is 282 g/mol. The molecule has 0 amide bonds. The molecule has 3 aliphatic rings. The number of hydrogen-bond acceptors (Lipinski definition) is 4. The minimum atomic E-state index is 0.00533. The molecule has 1 saturated carbocycles. The number of hydrazine groups is 1. The van der Waals surface area contributed by atoms with Crippen molar-refractivity contribution in [2.45, 2.75) is 69.4 Å². The monoisotopic (exact) mass is 282 g/mol. The third-order valence-corrected chi connectivity index (χ3v) is 5.74. The molecule has 1 aliphatic carbocycles. The molecule has 116 valence electrons. The fraction of sp³-hybridized carbons (Fsp3) is 1.00. The summed E-state index contributed by atoms with van der Waals surface area (Å²) in [5.41, 5.74) is 3.11. The molecule has 0 radical (unpaired) electrons. The Morgan fingerprint density at radius 1 is 1.20 bits per heavy atom. The quantitative estimate of drug-likeness (QED) is 0.600. The van der Waals surface area contributed by atoms with Gasteiger partial charge >= 0.3 is 0 Å². The van der Waals surface area contributed by atoms with Crippen LogP contribution in [-0.4, -0.2) is 31.5 Å². The summed E-state index contributed by atoms with van der Waals surface area (Å²) in [5, 5.41) is 0. The summed E-state index contributed by atoms with van der Waals surface area (Å²) in [6, 6.07) is 0.456. The summed E-state index contributed by atoms with van der Waals surface area (Å²) in [6.07, 6.45) is 11.6. The molecule has 0 aromatic heterocycles. The predicted molar refractivity (Wildman–Crippen MR) is 79.1 cm³/mol. The second-order valence-corrected chi connectivity index (χ2v) is 7.09. The Hall–Kier alpha value is -0.160. The van der Waals surface area contributed by atoms with Crippen LogP contribution in [0, 0.1) is 11.8 Å². The smallest absolute Gasteiger partial charge is 0.0939 e. The first kappa shape index (κ1) is 14.8. The van der Waals surface area contributed by atoms with Gasteiger partial charge in [0, 0.05) is 25.7 Å². The molecule has 4 nitrogen and oxygen atoms in total. The second-order valence-electron chi connectivity index (χ2n) is 7.09. The van der Waals surface area contributed by atoms with Crippen LogP contribution in [0.25, 0.3) is 0 Å². The van der Waals surface area contributed by atoms with Gasteiger partial charge in [-0.25, -0.2) is 0 Å². The number of nitrogens with two attached hydrogens (primary N) is 1. The lowest BCUT2D eigenvalue weighted by atomic mass is 9.79. The van der Waals surface area contributed by atoms with Crippen LogP contribution < -0.4 is 11.3 Å². The lowest BCUT2D eigenvalue weighted by molar-refractivity contribution is -0.103. The lowest BCUT2D eigenvalue weighted by Crippen LogP contribution is -2.49. The molecule has 20 heavy (non-hydrogen) atoms. The van der Waals surface area contributed by atoms with E-state index in [1.165, 1.54) is 38.5 Å². The number of hydrogen-bond donors (Lipinski definition) is 2. The molecule has 0 aromatic carbocycles. The molecule has 3 atom stereocenters. The van der Waals surface area contributed by atoms with Crippen LogP contribution >= 0.6 is 0 Å². The summed E-state index contributed by atoms with van der Waals surface area (Å²) in [5.74, 6) is 7.46. The van der Waals surface area contributed by atoms with E-state index in [4.69, 9.17) is 15.3 Å². The molecule has 1 spiro atoms.